The molecular formula is C14H11N7O2. The van der Waals surface area contributed by atoms with Crippen LogP contribution in [0.2, 0.25) is 0 Å². The summed E-state index contributed by atoms with van der Waals surface area (Å²) in [5.41, 5.74) is 6.12. The molecule has 4 N–H and O–H groups in total. The van der Waals surface area contributed by atoms with Gasteiger partial charge in [0.15, 0.2) is 11.8 Å². The average molecular weight is 309 g/mol. The van der Waals surface area contributed by atoms with Gasteiger partial charge in [-0.3, -0.25) is 20.5 Å². The zero-order chi connectivity index (χ0) is 16.4. The quantitative estimate of drug-likeness (QED) is 0.290. The van der Waals surface area contributed by atoms with Crippen LogP contribution in [0.3, 0.4) is 0 Å². The van der Waals surface area contributed by atoms with Gasteiger partial charge in [-0.15, -0.1) is 10.2 Å². The van der Waals surface area contributed by atoms with Gasteiger partial charge in [-0.25, -0.2) is 0 Å². The second kappa shape index (κ2) is 5.64. The van der Waals surface area contributed by atoms with Crippen molar-refractivity contribution in [2.45, 2.75) is 0 Å². The lowest BCUT2D eigenvalue weighted by Crippen LogP contribution is -2.21. The molecule has 0 fully saturated rings. The number of hydrogen-bond donors (Lipinski definition) is 3. The zero-order valence-electron chi connectivity index (χ0n) is 11.7. The van der Waals surface area contributed by atoms with E-state index in [4.69, 9.17) is 11.1 Å². The van der Waals surface area contributed by atoms with Crippen LogP contribution >= 0.6 is 0 Å². The van der Waals surface area contributed by atoms with Crippen molar-refractivity contribution < 1.29 is 4.92 Å². The van der Waals surface area contributed by atoms with Crippen LogP contribution in [0.25, 0.3) is 22.2 Å². The van der Waals surface area contributed by atoms with Crippen LogP contribution in [0, 0.1) is 15.5 Å². The molecule has 114 valence electrons. The third kappa shape index (κ3) is 2.62. The van der Waals surface area contributed by atoms with Gasteiger partial charge in [0.1, 0.15) is 11.1 Å². The summed E-state index contributed by atoms with van der Waals surface area (Å²) >= 11 is 0. The van der Waals surface area contributed by atoms with E-state index < -0.39 is 4.92 Å². The number of benzene rings is 1. The van der Waals surface area contributed by atoms with Crippen molar-refractivity contribution in [1.82, 2.24) is 15.2 Å². The summed E-state index contributed by atoms with van der Waals surface area (Å²) in [5.74, 6) is -0.330. The first-order chi connectivity index (χ1) is 11.1. The van der Waals surface area contributed by atoms with Gasteiger partial charge < -0.3 is 11.1 Å². The fraction of sp³-hybridized carbons (Fsp3) is 0. The molecule has 0 unspecified atom stereocenters. The maximum absolute atomic E-state index is 11.3. The summed E-state index contributed by atoms with van der Waals surface area (Å²) in [4.78, 5) is 15.0. The largest absolute Gasteiger partial charge is 0.370 e. The maximum Gasteiger partial charge on any atom is 0.281 e. The number of rotatable bonds is 3. The molecule has 0 radical (unpaired) electrons. The second-order valence-corrected chi connectivity index (χ2v) is 4.61. The smallest absolute Gasteiger partial charge is 0.281 e. The first-order valence-corrected chi connectivity index (χ1v) is 6.54. The molecule has 2 aromatic heterocycles. The van der Waals surface area contributed by atoms with Crippen LogP contribution in [0.15, 0.2) is 42.6 Å². The van der Waals surface area contributed by atoms with Gasteiger partial charge in [0.05, 0.1) is 10.6 Å². The van der Waals surface area contributed by atoms with Gasteiger partial charge >= 0.3 is 0 Å². The minimum Gasteiger partial charge on any atom is -0.370 e. The zero-order valence-corrected chi connectivity index (χ0v) is 11.7. The monoisotopic (exact) mass is 309 g/mol. The van der Waals surface area contributed by atoms with Crippen molar-refractivity contribution in [3.63, 3.8) is 0 Å². The summed E-state index contributed by atoms with van der Waals surface area (Å²) in [6.45, 7) is 0. The molecule has 0 saturated carbocycles. The van der Waals surface area contributed by atoms with Crippen LogP contribution in [0.5, 0.6) is 0 Å². The standard InChI is InChI=1S/C14H11N7O2/c15-14(16)18-13-11-8(4-3-6-10(11)21(22)23)12(19-20-13)9-5-1-2-7-17-9/h1-7H,(H4,15,16,18,20). The van der Waals surface area contributed by atoms with Gasteiger partial charge in [-0.05, 0) is 12.1 Å². The number of nitro groups is 1. The Kier molecular flexibility index (Phi) is 3.51. The minimum absolute atomic E-state index is 0.0551. The third-order valence-electron chi connectivity index (χ3n) is 3.14. The van der Waals surface area contributed by atoms with Gasteiger partial charge in [-0.1, -0.05) is 18.2 Å². The fourth-order valence-corrected chi connectivity index (χ4v) is 2.25. The lowest BCUT2D eigenvalue weighted by Gasteiger charge is -2.10. The number of aromatic nitrogens is 3. The molecule has 9 heteroatoms. The predicted molar refractivity (Wildman–Crippen MR) is 85.0 cm³/mol. The highest BCUT2D eigenvalue weighted by Crippen LogP contribution is 2.34. The van der Waals surface area contributed by atoms with Gasteiger partial charge in [0, 0.05) is 17.6 Å². The third-order valence-corrected chi connectivity index (χ3v) is 3.14. The highest BCUT2D eigenvalue weighted by molar-refractivity contribution is 6.08. The number of nitrogens with one attached hydrogen (secondary N) is 2. The lowest BCUT2D eigenvalue weighted by molar-refractivity contribution is -0.383. The number of nitrogens with two attached hydrogens (primary N) is 1. The van der Waals surface area contributed by atoms with E-state index in [1.807, 2.05) is 0 Å². The van der Waals surface area contributed by atoms with Crippen molar-refractivity contribution in [3.05, 3.63) is 52.7 Å². The van der Waals surface area contributed by atoms with E-state index in [0.717, 1.165) is 0 Å². The van der Waals surface area contributed by atoms with Crippen molar-refractivity contribution >= 4 is 28.2 Å². The van der Waals surface area contributed by atoms with Crippen molar-refractivity contribution in [2.75, 3.05) is 5.32 Å². The highest BCUT2D eigenvalue weighted by atomic mass is 16.6. The van der Waals surface area contributed by atoms with E-state index in [1.54, 1.807) is 36.5 Å². The van der Waals surface area contributed by atoms with Crippen LogP contribution < -0.4 is 11.1 Å². The molecule has 9 nitrogen and oxygen atoms in total. The molecule has 1 aromatic carbocycles. The van der Waals surface area contributed by atoms with E-state index in [1.165, 1.54) is 6.07 Å². The van der Waals surface area contributed by atoms with Crippen molar-refractivity contribution in [1.29, 1.82) is 5.41 Å². The molecule has 0 amide bonds. The first-order valence-electron chi connectivity index (χ1n) is 6.54. The Labute approximate surface area is 129 Å². The summed E-state index contributed by atoms with van der Waals surface area (Å²) in [6, 6.07) is 9.89. The second-order valence-electron chi connectivity index (χ2n) is 4.61. The molecule has 0 saturated heterocycles. The molecule has 0 bridgehead atoms. The van der Waals surface area contributed by atoms with Gasteiger partial charge in [-0.2, -0.15) is 0 Å². The molecule has 0 aliphatic carbocycles. The lowest BCUT2D eigenvalue weighted by atomic mass is 10.1. The number of nitro benzene ring substituents is 1. The molecule has 0 aliphatic rings. The SMILES string of the molecule is N=C(N)Nc1nnc(-c2ccccn2)c2cccc([N+](=O)[O-])c12. The summed E-state index contributed by atoms with van der Waals surface area (Å²) in [7, 11) is 0. The van der Waals surface area contributed by atoms with E-state index in [-0.39, 0.29) is 22.9 Å². The Bertz CT molecular complexity index is 912. The van der Waals surface area contributed by atoms with E-state index >= 15 is 0 Å². The topological polar surface area (TPSA) is 144 Å². The summed E-state index contributed by atoms with van der Waals surface area (Å²) < 4.78 is 0. The van der Waals surface area contributed by atoms with Crippen LogP contribution in [0.1, 0.15) is 0 Å². The Morgan fingerprint density at radius 1 is 1.22 bits per heavy atom. The number of hydrogen-bond acceptors (Lipinski definition) is 6. The molecule has 0 spiro atoms. The normalized spacial score (nSPS) is 10.4. The Morgan fingerprint density at radius 2 is 2.04 bits per heavy atom. The molecule has 2 heterocycles. The van der Waals surface area contributed by atoms with Crippen LogP contribution in [0.4, 0.5) is 11.5 Å². The molecular weight excluding hydrogens is 298 g/mol. The minimum atomic E-state index is -0.516. The van der Waals surface area contributed by atoms with Crippen LogP contribution in [-0.2, 0) is 0 Å². The fourth-order valence-electron chi connectivity index (χ4n) is 2.25. The van der Waals surface area contributed by atoms with E-state index in [9.17, 15) is 10.1 Å². The Balaban J connectivity index is 2.36. The average Bonchev–Trinajstić information content (AvgIpc) is 2.54. The summed E-state index contributed by atoms with van der Waals surface area (Å²) in [6.07, 6.45) is 1.60. The first kappa shape index (κ1) is 14.3. The van der Waals surface area contributed by atoms with Crippen LogP contribution in [-0.4, -0.2) is 26.1 Å². The van der Waals surface area contributed by atoms with E-state index in [2.05, 4.69) is 20.5 Å². The number of non-ortho nitro benzene ring substituents is 1. The summed E-state index contributed by atoms with van der Waals surface area (Å²) in [5, 5.41) is 29.9. The number of anilines is 1. The van der Waals surface area contributed by atoms with Crippen molar-refractivity contribution in [2.24, 2.45) is 5.73 Å². The molecule has 0 atom stereocenters. The predicted octanol–water partition coefficient (Wildman–Crippen LogP) is 1.91. The number of fused-ring (bicyclic) bond motifs is 1. The Hall–Kier alpha value is -3.62. The highest BCUT2D eigenvalue weighted by Gasteiger charge is 2.21. The van der Waals surface area contributed by atoms with Crippen molar-refractivity contribution in [3.8, 4) is 11.4 Å². The number of guanidine groups is 1. The van der Waals surface area contributed by atoms with Gasteiger partial charge in [0.2, 0.25) is 0 Å². The molecule has 0 aliphatic heterocycles. The van der Waals surface area contributed by atoms with Gasteiger partial charge in [0.25, 0.3) is 5.69 Å². The molecule has 3 aromatic rings. The number of nitrogens with zero attached hydrogens (tertiary/aromatic N) is 4. The maximum atomic E-state index is 11.3. The van der Waals surface area contributed by atoms with E-state index in [0.29, 0.717) is 16.8 Å². The molecule has 3 rings (SSSR count). The number of pyridine rings is 1. The Morgan fingerprint density at radius 3 is 2.70 bits per heavy atom. The molecule has 23 heavy (non-hydrogen) atoms.